The molecule has 5 fully saturated rings. The second-order valence-corrected chi connectivity index (χ2v) is 13.6. The molecule has 6 aliphatic rings. The Bertz CT molecular complexity index is 1120. The number of nitrogens with one attached hydrogen (secondary N) is 1. The van der Waals surface area contributed by atoms with E-state index in [-0.39, 0.29) is 5.91 Å². The quantitative estimate of drug-likeness (QED) is 0.412. The predicted octanol–water partition coefficient (Wildman–Crippen LogP) is 7.65. The molecule has 1 atom stereocenters. The molecule has 0 radical (unpaired) electrons. The Morgan fingerprint density at radius 2 is 1.68 bits per heavy atom. The van der Waals surface area contributed by atoms with Crippen molar-refractivity contribution in [2.24, 2.45) is 23.7 Å². The Kier molecular flexibility index (Phi) is 6.59. The van der Waals surface area contributed by atoms with Crippen molar-refractivity contribution in [3.63, 3.8) is 0 Å². The largest absolute Gasteiger partial charge is 0.347 e. The van der Waals surface area contributed by atoms with Crippen LogP contribution in [0.1, 0.15) is 123 Å². The third-order valence-electron chi connectivity index (χ3n) is 10.7. The van der Waals surface area contributed by atoms with Crippen molar-refractivity contribution in [3.8, 4) is 0 Å². The topological polar surface area (TPSA) is 46.9 Å². The van der Waals surface area contributed by atoms with Gasteiger partial charge < -0.3 is 5.32 Å². The molecule has 6 aliphatic carbocycles. The van der Waals surface area contributed by atoms with Gasteiger partial charge in [-0.2, -0.15) is 5.10 Å². The van der Waals surface area contributed by atoms with E-state index in [1.807, 2.05) is 6.07 Å². The molecule has 1 N–H and O–H groups in total. The van der Waals surface area contributed by atoms with Crippen LogP contribution in [0.3, 0.4) is 0 Å². The number of benzene rings is 1. The summed E-state index contributed by atoms with van der Waals surface area (Å²) in [4.78, 5) is 14.0. The first-order chi connectivity index (χ1) is 18.1. The molecule has 8 rings (SSSR count). The van der Waals surface area contributed by atoms with Gasteiger partial charge in [-0.1, -0.05) is 49.4 Å². The molecule has 0 spiro atoms. The van der Waals surface area contributed by atoms with Crippen molar-refractivity contribution < 1.29 is 4.79 Å². The van der Waals surface area contributed by atoms with E-state index in [9.17, 15) is 4.79 Å². The van der Waals surface area contributed by atoms with E-state index in [1.54, 1.807) is 0 Å². The smallest absolute Gasteiger partial charge is 0.272 e. The Hall–Kier alpha value is -1.81. The molecule has 1 aromatic heterocycles. The maximum Gasteiger partial charge on any atom is 0.272 e. The number of hydrogen-bond donors (Lipinski definition) is 1. The zero-order valence-corrected chi connectivity index (χ0v) is 22.9. The van der Waals surface area contributed by atoms with Gasteiger partial charge in [-0.25, -0.2) is 0 Å². The second kappa shape index (κ2) is 10.1. The Balaban J connectivity index is 1.22. The van der Waals surface area contributed by atoms with Crippen molar-refractivity contribution >= 4 is 17.5 Å². The summed E-state index contributed by atoms with van der Waals surface area (Å²) in [5.74, 6) is 3.73. The van der Waals surface area contributed by atoms with Crippen LogP contribution in [0.15, 0.2) is 24.3 Å². The van der Waals surface area contributed by atoms with Crippen molar-refractivity contribution in [1.29, 1.82) is 0 Å². The third-order valence-corrected chi connectivity index (χ3v) is 10.9. The van der Waals surface area contributed by atoms with Crippen LogP contribution >= 0.6 is 11.6 Å². The first kappa shape index (κ1) is 24.2. The average Bonchev–Trinajstić information content (AvgIpc) is 3.16. The van der Waals surface area contributed by atoms with Crippen LogP contribution in [0.4, 0.5) is 0 Å². The van der Waals surface area contributed by atoms with Gasteiger partial charge in [0.15, 0.2) is 5.69 Å². The lowest BCUT2D eigenvalue weighted by Crippen LogP contribution is -2.56. The minimum atomic E-state index is 0.117. The fourth-order valence-corrected chi connectivity index (χ4v) is 9.52. The number of amides is 1. The Morgan fingerprint density at radius 3 is 2.41 bits per heavy atom. The summed E-state index contributed by atoms with van der Waals surface area (Å²) in [6.07, 6.45) is 18.5. The highest BCUT2D eigenvalue weighted by atomic mass is 35.5. The van der Waals surface area contributed by atoms with E-state index < -0.39 is 0 Å². The molecule has 0 aliphatic heterocycles. The molecule has 37 heavy (non-hydrogen) atoms. The van der Waals surface area contributed by atoms with Crippen molar-refractivity contribution in [1.82, 2.24) is 15.1 Å². The molecule has 5 heteroatoms. The highest BCUT2D eigenvalue weighted by Crippen LogP contribution is 2.53. The fourth-order valence-electron chi connectivity index (χ4n) is 9.30. The molecular formula is C32H42ClN3O. The Labute approximate surface area is 226 Å². The van der Waals surface area contributed by atoms with Crippen molar-refractivity contribution in [3.05, 3.63) is 51.8 Å². The highest BCUT2D eigenvalue weighted by molar-refractivity contribution is 6.30. The maximum absolute atomic E-state index is 14.0. The minimum Gasteiger partial charge on any atom is -0.347 e. The maximum atomic E-state index is 14.0. The summed E-state index contributed by atoms with van der Waals surface area (Å²) in [6, 6.07) is 9.15. The van der Waals surface area contributed by atoms with Crippen LogP contribution in [0.2, 0.25) is 5.02 Å². The molecule has 4 nitrogen and oxygen atoms in total. The summed E-state index contributed by atoms with van der Waals surface area (Å²) >= 11 is 6.37. The van der Waals surface area contributed by atoms with Gasteiger partial charge in [-0.15, -0.1) is 0 Å². The van der Waals surface area contributed by atoms with Crippen LogP contribution < -0.4 is 5.32 Å². The van der Waals surface area contributed by atoms with Crippen LogP contribution in [-0.4, -0.2) is 21.7 Å². The number of carbonyl (C=O) groups excluding carboxylic acids is 1. The summed E-state index contributed by atoms with van der Waals surface area (Å²) in [7, 11) is 0. The molecular weight excluding hydrogens is 478 g/mol. The van der Waals surface area contributed by atoms with Gasteiger partial charge in [0.05, 0.1) is 6.04 Å². The van der Waals surface area contributed by atoms with E-state index in [2.05, 4.69) is 28.2 Å². The molecule has 1 unspecified atom stereocenters. The SMILES string of the molecule is O=C(NC1C2CC3CC(C2)CC1C3)c1nn(C2CCCCC2)c2c1CCCCC2Cc1cccc(Cl)c1. The van der Waals surface area contributed by atoms with Crippen LogP contribution in [0.25, 0.3) is 0 Å². The summed E-state index contributed by atoms with van der Waals surface area (Å²) in [6.45, 7) is 0. The molecule has 5 saturated carbocycles. The molecule has 1 heterocycles. The number of fused-ring (bicyclic) bond motifs is 1. The predicted molar refractivity (Wildman–Crippen MR) is 148 cm³/mol. The molecule has 0 saturated heterocycles. The van der Waals surface area contributed by atoms with Crippen LogP contribution in [0.5, 0.6) is 0 Å². The number of hydrogen-bond acceptors (Lipinski definition) is 2. The monoisotopic (exact) mass is 519 g/mol. The highest BCUT2D eigenvalue weighted by Gasteiger charge is 2.49. The summed E-state index contributed by atoms with van der Waals surface area (Å²) < 4.78 is 2.36. The van der Waals surface area contributed by atoms with Crippen LogP contribution in [-0.2, 0) is 12.8 Å². The van der Waals surface area contributed by atoms with Gasteiger partial charge in [0.2, 0.25) is 0 Å². The second-order valence-electron chi connectivity index (χ2n) is 13.2. The lowest BCUT2D eigenvalue weighted by Gasteiger charge is -2.54. The third kappa shape index (κ3) is 4.66. The molecule has 1 amide bonds. The van der Waals surface area contributed by atoms with Gasteiger partial charge in [0.1, 0.15) is 0 Å². The number of carbonyl (C=O) groups is 1. The molecule has 4 bridgehead atoms. The van der Waals surface area contributed by atoms with Crippen LogP contribution in [0, 0.1) is 23.7 Å². The number of halogens is 1. The lowest BCUT2D eigenvalue weighted by atomic mass is 9.54. The lowest BCUT2D eigenvalue weighted by molar-refractivity contribution is -0.0120. The number of nitrogens with zero attached hydrogens (tertiary/aromatic N) is 2. The van der Waals surface area contributed by atoms with Gasteiger partial charge in [-0.3, -0.25) is 9.48 Å². The summed E-state index contributed by atoms with van der Waals surface area (Å²) in [5.41, 5.74) is 4.68. The molecule has 2 aromatic rings. The zero-order chi connectivity index (χ0) is 24.9. The van der Waals surface area contributed by atoms with Gasteiger partial charge in [0.25, 0.3) is 5.91 Å². The molecule has 198 valence electrons. The average molecular weight is 520 g/mol. The van der Waals surface area contributed by atoms with Gasteiger partial charge in [0, 0.05) is 28.2 Å². The Morgan fingerprint density at radius 1 is 0.946 bits per heavy atom. The van der Waals surface area contributed by atoms with E-state index >= 15 is 0 Å². The van der Waals surface area contributed by atoms with Gasteiger partial charge in [-0.05, 0) is 112 Å². The first-order valence-electron chi connectivity index (χ1n) is 15.3. The zero-order valence-electron chi connectivity index (χ0n) is 22.1. The summed E-state index contributed by atoms with van der Waals surface area (Å²) in [5, 5.41) is 9.64. The van der Waals surface area contributed by atoms with E-state index in [1.165, 1.54) is 87.4 Å². The standard InChI is InChI=1S/C32H42ClN3O/c33-26-9-6-7-20(19-26)14-23-8-4-5-12-28-30(35-36(31(23)28)27-10-2-1-3-11-27)32(37)34-29-24-15-21-13-22(17-24)18-25(29)16-21/h6-7,9,19,21-25,27,29H,1-5,8,10-18H2,(H,34,37). The first-order valence-corrected chi connectivity index (χ1v) is 15.7. The van der Waals surface area contributed by atoms with E-state index in [0.717, 1.165) is 48.2 Å². The minimum absolute atomic E-state index is 0.117. The number of rotatable bonds is 5. The molecule has 1 aromatic carbocycles. The van der Waals surface area contributed by atoms with Crippen molar-refractivity contribution in [2.45, 2.75) is 114 Å². The van der Waals surface area contributed by atoms with E-state index in [0.29, 0.717) is 29.8 Å². The fraction of sp³-hybridized carbons (Fsp3) is 0.688. The normalized spacial score (nSPS) is 33.2. The number of aromatic nitrogens is 2. The van der Waals surface area contributed by atoms with E-state index in [4.69, 9.17) is 16.7 Å². The van der Waals surface area contributed by atoms with Gasteiger partial charge >= 0.3 is 0 Å². The van der Waals surface area contributed by atoms with Crippen molar-refractivity contribution in [2.75, 3.05) is 0 Å².